The van der Waals surface area contributed by atoms with Crippen LogP contribution in [0.3, 0.4) is 0 Å². The molecule has 0 spiro atoms. The van der Waals surface area contributed by atoms with Crippen LogP contribution in [0, 0.1) is 0 Å². The average Bonchev–Trinajstić information content (AvgIpc) is 3.16. The highest BCUT2D eigenvalue weighted by Gasteiger charge is 2.33. The Labute approximate surface area is 152 Å². The predicted octanol–water partition coefficient (Wildman–Crippen LogP) is 1.18. The average molecular weight is 352 g/mol. The normalized spacial score (nSPS) is 25.7. The fourth-order valence-corrected chi connectivity index (χ4v) is 4.46. The van der Waals surface area contributed by atoms with E-state index in [9.17, 15) is 4.79 Å². The molecule has 26 heavy (non-hydrogen) atoms. The number of amidine groups is 1. The predicted molar refractivity (Wildman–Crippen MR) is 101 cm³/mol. The van der Waals surface area contributed by atoms with Gasteiger partial charge in [-0.1, -0.05) is 6.07 Å². The number of aromatic nitrogens is 2. The first kappa shape index (κ1) is 15.8. The second-order valence-corrected chi connectivity index (χ2v) is 7.53. The number of aromatic amines is 1. The van der Waals surface area contributed by atoms with Gasteiger partial charge in [-0.05, 0) is 25.0 Å². The van der Waals surface area contributed by atoms with Gasteiger partial charge in [0.25, 0.3) is 5.91 Å². The van der Waals surface area contributed by atoms with Gasteiger partial charge in [0.1, 0.15) is 5.84 Å². The van der Waals surface area contributed by atoms with Crippen LogP contribution in [0.4, 0.5) is 0 Å². The maximum absolute atomic E-state index is 13.2. The minimum Gasteiger partial charge on any atom is -0.358 e. The zero-order chi connectivity index (χ0) is 17.7. The number of carbonyl (C=O) groups excluding carboxylic acids is 1. The van der Waals surface area contributed by atoms with Gasteiger partial charge in [0.05, 0.1) is 12.1 Å². The fourth-order valence-electron chi connectivity index (χ4n) is 4.46. The van der Waals surface area contributed by atoms with E-state index in [0.717, 1.165) is 74.4 Å². The minimum atomic E-state index is 0.0630. The van der Waals surface area contributed by atoms with E-state index < -0.39 is 0 Å². The molecule has 1 N–H and O–H groups in total. The van der Waals surface area contributed by atoms with Gasteiger partial charge in [0.15, 0.2) is 5.69 Å². The van der Waals surface area contributed by atoms with Crippen LogP contribution in [0.5, 0.6) is 0 Å². The summed E-state index contributed by atoms with van der Waals surface area (Å²) in [6.45, 7) is 5.78. The van der Waals surface area contributed by atoms with E-state index in [2.05, 4.69) is 44.2 Å². The van der Waals surface area contributed by atoms with Gasteiger partial charge in [0.2, 0.25) is 0 Å². The molecule has 1 amide bonds. The van der Waals surface area contributed by atoms with E-state index in [0.29, 0.717) is 11.7 Å². The summed E-state index contributed by atoms with van der Waals surface area (Å²) in [5, 5.41) is 8.35. The van der Waals surface area contributed by atoms with Crippen molar-refractivity contribution in [3.63, 3.8) is 0 Å². The van der Waals surface area contributed by atoms with E-state index in [1.165, 1.54) is 0 Å². The molecule has 2 bridgehead atoms. The Balaban J connectivity index is 1.47. The van der Waals surface area contributed by atoms with Crippen LogP contribution in [0.15, 0.2) is 23.2 Å². The number of hydrogen-bond acceptors (Lipinski definition) is 5. The molecule has 4 aliphatic heterocycles. The van der Waals surface area contributed by atoms with Crippen molar-refractivity contribution >= 4 is 22.6 Å². The summed E-state index contributed by atoms with van der Waals surface area (Å²) in [6, 6.07) is 6.47. The van der Waals surface area contributed by atoms with E-state index >= 15 is 0 Å². The van der Waals surface area contributed by atoms with Crippen molar-refractivity contribution < 1.29 is 4.79 Å². The lowest BCUT2D eigenvalue weighted by molar-refractivity contribution is 0.0681. The number of nitrogens with one attached hydrogen (secondary N) is 1. The van der Waals surface area contributed by atoms with Crippen molar-refractivity contribution in [3.8, 4) is 0 Å². The SMILES string of the molecule is CN1CCN=C1c1ccc2c(C(=O)N3CCN4CCC3CC4)n[nH]c2c1. The zero-order valence-electron chi connectivity index (χ0n) is 15.1. The Bertz CT molecular complexity index is 879. The molecule has 3 saturated heterocycles. The molecule has 0 atom stereocenters. The summed E-state index contributed by atoms with van der Waals surface area (Å²) < 4.78 is 0. The summed E-state index contributed by atoms with van der Waals surface area (Å²) in [6.07, 6.45) is 2.15. The Morgan fingerprint density at radius 3 is 2.77 bits per heavy atom. The van der Waals surface area contributed by atoms with Gasteiger partial charge in [-0.2, -0.15) is 5.10 Å². The number of carbonyl (C=O) groups is 1. The number of hydrogen-bond donors (Lipinski definition) is 1. The monoisotopic (exact) mass is 352 g/mol. The number of piperidine rings is 1. The molecule has 7 nitrogen and oxygen atoms in total. The Morgan fingerprint density at radius 2 is 2.00 bits per heavy atom. The molecular formula is C19H24N6O. The second-order valence-electron chi connectivity index (χ2n) is 7.53. The van der Waals surface area contributed by atoms with Crippen molar-refractivity contribution in [1.82, 2.24) is 24.9 Å². The zero-order valence-corrected chi connectivity index (χ0v) is 15.1. The Kier molecular flexibility index (Phi) is 3.70. The lowest BCUT2D eigenvalue weighted by Crippen LogP contribution is -2.41. The van der Waals surface area contributed by atoms with E-state index in [-0.39, 0.29) is 5.91 Å². The molecule has 7 heteroatoms. The molecule has 136 valence electrons. The van der Waals surface area contributed by atoms with Crippen molar-refractivity contribution in [1.29, 1.82) is 0 Å². The third-order valence-electron chi connectivity index (χ3n) is 6.00. The molecule has 1 aromatic heterocycles. The van der Waals surface area contributed by atoms with Gasteiger partial charge >= 0.3 is 0 Å². The third kappa shape index (κ3) is 2.49. The lowest BCUT2D eigenvalue weighted by atomic mass is 10.0. The molecule has 0 radical (unpaired) electrons. The van der Waals surface area contributed by atoms with Crippen LogP contribution in [0.1, 0.15) is 28.9 Å². The van der Waals surface area contributed by atoms with Crippen molar-refractivity contribution in [2.45, 2.75) is 18.9 Å². The highest BCUT2D eigenvalue weighted by atomic mass is 16.2. The number of rotatable bonds is 2. The van der Waals surface area contributed by atoms with E-state index in [1.807, 2.05) is 11.0 Å². The summed E-state index contributed by atoms with van der Waals surface area (Å²) in [4.78, 5) is 24.4. The molecule has 0 aliphatic carbocycles. The first-order valence-electron chi connectivity index (χ1n) is 9.48. The van der Waals surface area contributed by atoms with Crippen LogP contribution in [-0.4, -0.2) is 89.0 Å². The second kappa shape index (κ2) is 6.09. The highest BCUT2D eigenvalue weighted by molar-refractivity contribution is 6.07. The number of likely N-dealkylation sites (N-methyl/N-ethyl adjacent to an activating group) is 1. The minimum absolute atomic E-state index is 0.0630. The fraction of sp³-hybridized carbons (Fsp3) is 0.526. The number of benzene rings is 1. The molecule has 0 unspecified atom stereocenters. The topological polar surface area (TPSA) is 67.8 Å². The molecule has 5 heterocycles. The van der Waals surface area contributed by atoms with Crippen molar-refractivity contribution in [2.24, 2.45) is 4.99 Å². The number of amides is 1. The summed E-state index contributed by atoms with van der Waals surface area (Å²) in [5.41, 5.74) is 2.52. The third-order valence-corrected chi connectivity index (χ3v) is 6.00. The summed E-state index contributed by atoms with van der Waals surface area (Å²) >= 11 is 0. The van der Waals surface area contributed by atoms with Crippen LogP contribution in [0.25, 0.3) is 10.9 Å². The molecule has 1 aromatic carbocycles. The van der Waals surface area contributed by atoms with Gasteiger partial charge in [0, 0.05) is 56.8 Å². The maximum Gasteiger partial charge on any atom is 0.275 e. The largest absolute Gasteiger partial charge is 0.358 e. The molecule has 4 aliphatic rings. The first-order valence-corrected chi connectivity index (χ1v) is 9.48. The van der Waals surface area contributed by atoms with Crippen LogP contribution < -0.4 is 0 Å². The quantitative estimate of drug-likeness (QED) is 0.881. The van der Waals surface area contributed by atoms with Crippen LogP contribution >= 0.6 is 0 Å². The first-order chi connectivity index (χ1) is 12.7. The molecule has 0 saturated carbocycles. The van der Waals surface area contributed by atoms with Gasteiger partial charge in [-0.25, -0.2) is 0 Å². The summed E-state index contributed by atoms with van der Waals surface area (Å²) in [5.74, 6) is 1.07. The van der Waals surface area contributed by atoms with E-state index in [1.54, 1.807) is 0 Å². The maximum atomic E-state index is 13.2. The van der Waals surface area contributed by atoms with Crippen molar-refractivity contribution in [2.75, 3.05) is 46.3 Å². The Hall–Kier alpha value is -2.41. The van der Waals surface area contributed by atoms with E-state index in [4.69, 9.17) is 0 Å². The van der Waals surface area contributed by atoms with Gasteiger partial charge < -0.3 is 14.7 Å². The standard InChI is InChI=1S/C19H24N6O/c1-23-9-6-20-18(23)13-2-3-15-16(12-13)21-22-17(15)19(26)25-11-10-24-7-4-14(25)5-8-24/h2-3,12,14H,4-11H2,1H3,(H,21,22). The van der Waals surface area contributed by atoms with Crippen LogP contribution in [0.2, 0.25) is 0 Å². The summed E-state index contributed by atoms with van der Waals surface area (Å²) in [7, 11) is 2.06. The molecular weight excluding hydrogens is 328 g/mol. The Morgan fingerprint density at radius 1 is 1.15 bits per heavy atom. The molecule has 6 rings (SSSR count). The molecule has 2 aromatic rings. The smallest absolute Gasteiger partial charge is 0.275 e. The number of H-pyrrole nitrogens is 1. The molecule has 3 fully saturated rings. The highest BCUT2D eigenvalue weighted by Crippen LogP contribution is 2.25. The van der Waals surface area contributed by atoms with Crippen LogP contribution in [-0.2, 0) is 0 Å². The number of nitrogens with zero attached hydrogens (tertiary/aromatic N) is 5. The van der Waals surface area contributed by atoms with Gasteiger partial charge in [-0.3, -0.25) is 14.9 Å². The van der Waals surface area contributed by atoms with Gasteiger partial charge in [-0.15, -0.1) is 0 Å². The number of aliphatic imine (C=N–C) groups is 1. The van der Waals surface area contributed by atoms with Crippen molar-refractivity contribution in [3.05, 3.63) is 29.5 Å². The lowest BCUT2D eigenvalue weighted by Gasteiger charge is -2.31. The number of fused-ring (bicyclic) bond motifs is 5.